The molecule has 18 nitrogen and oxygen atoms in total. The fourth-order valence-corrected chi connectivity index (χ4v) is 11.7. The molecule has 1 fully saturated rings. The van der Waals surface area contributed by atoms with Gasteiger partial charge in [-0.3, -0.25) is 15.0 Å². The van der Waals surface area contributed by atoms with Crippen molar-refractivity contribution in [2.45, 2.75) is 138 Å². The molecule has 5 rings (SSSR count). The van der Waals surface area contributed by atoms with Crippen molar-refractivity contribution in [2.24, 2.45) is 60.3 Å². The summed E-state index contributed by atoms with van der Waals surface area (Å²) in [5.41, 5.74) is -4.56. The van der Waals surface area contributed by atoms with E-state index >= 15 is 0 Å². The van der Waals surface area contributed by atoms with E-state index in [2.05, 4.69) is 5.32 Å². The molecule has 8 bridgehead atoms. The van der Waals surface area contributed by atoms with Gasteiger partial charge in [0.25, 0.3) is 0 Å². The van der Waals surface area contributed by atoms with E-state index in [0.29, 0.717) is 33.9 Å². The standard InChI is InChI=1S/C45H61N5O13.Co/c1-21-36-24(10-13-31(54)55)41(3,4)28(48-36)18-27-23(9-12-30(52)53)43(6,19-29(46)51)39(47-27)22(2)37-25(11-14-32(56)57)44(7,20-35(62)63)45(8,50-37)40-26(17-34(60)61)42(5,38(21)49-40)16-15-33(58)59;/h18,23-26,40,47H,9-17,19-20H2,1-8H3,(H2,46,51)(H,52,53)(H,54,55)(H,56,57)(H,58,59)(H,60,61)(H,62,63);/q;+2/p-7/t23-,24-,25-,26+,40-,42-,43+,44+,45+;/m1./s1. The van der Waals surface area contributed by atoms with Crippen molar-refractivity contribution in [1.29, 1.82) is 5.41 Å². The van der Waals surface area contributed by atoms with Crippen LogP contribution in [0.1, 0.15) is 126 Å². The molecule has 0 spiro atoms. The molecule has 5 heterocycles. The van der Waals surface area contributed by atoms with Gasteiger partial charge in [-0.15, -0.1) is 0 Å². The number of allylic oxidation sites excluding steroid dienone is 6. The van der Waals surface area contributed by atoms with E-state index in [0.717, 1.165) is 0 Å². The third kappa shape index (κ3) is 9.06. The van der Waals surface area contributed by atoms with Crippen LogP contribution in [-0.4, -0.2) is 70.4 Å². The van der Waals surface area contributed by atoms with Gasteiger partial charge >= 0.3 is 16.8 Å². The van der Waals surface area contributed by atoms with Gasteiger partial charge in [-0.1, -0.05) is 34.6 Å². The van der Waals surface area contributed by atoms with Crippen LogP contribution in [0, 0.1) is 50.7 Å². The second kappa shape index (κ2) is 18.4. The number of rotatable bonds is 18. The molecule has 5 aliphatic rings. The molecule has 0 aromatic carbocycles. The molecule has 0 amide bonds. The van der Waals surface area contributed by atoms with Crippen LogP contribution < -0.4 is 41.1 Å². The Labute approximate surface area is 381 Å². The van der Waals surface area contributed by atoms with E-state index in [4.69, 9.17) is 20.4 Å². The Morgan fingerprint density at radius 1 is 0.688 bits per heavy atom. The van der Waals surface area contributed by atoms with E-state index in [-0.39, 0.29) is 53.9 Å². The Bertz CT molecular complexity index is 2230. The second-order valence-electron chi connectivity index (χ2n) is 19.4. The average Bonchev–Trinajstić information content (AvgIpc) is 3.75. The molecule has 0 aromatic heterocycles. The Morgan fingerprint density at radius 3 is 1.72 bits per heavy atom. The summed E-state index contributed by atoms with van der Waals surface area (Å²) in [5, 5.41) is 98.6. The number of hydrogen-bond acceptors (Lipinski definition) is 18. The van der Waals surface area contributed by atoms with Gasteiger partial charge in [-0.25, -0.2) is 0 Å². The number of aliphatic carboxylic acids is 6. The minimum absolute atomic E-state index is 0. The third-order valence-electron chi connectivity index (χ3n) is 15.3. The number of carboxylic acids is 6. The summed E-state index contributed by atoms with van der Waals surface area (Å²) < 4.78 is 0. The van der Waals surface area contributed by atoms with E-state index in [9.17, 15) is 64.5 Å². The zero-order valence-electron chi connectivity index (χ0n) is 37.2. The first kappa shape index (κ1) is 51.5. The van der Waals surface area contributed by atoms with Gasteiger partial charge in [-0.2, -0.15) is 0 Å². The Morgan fingerprint density at radius 2 is 1.22 bits per heavy atom. The third-order valence-corrected chi connectivity index (χ3v) is 15.3. The number of carboxylic acid groups (broad SMARTS) is 6. The predicted octanol–water partition coefficient (Wildman–Crippen LogP) is -2.84. The van der Waals surface area contributed by atoms with Crippen LogP contribution in [0.4, 0.5) is 0 Å². The molecule has 0 aliphatic carbocycles. The van der Waals surface area contributed by atoms with Crippen molar-refractivity contribution >= 4 is 58.8 Å². The Balaban J connectivity index is 0.00000898. The molecule has 64 heavy (non-hydrogen) atoms. The Hall–Kier alpha value is -5.17. The SMILES string of the molecule is CC1=C2N=C(C=C3NC(=C(C)C4=N[C@@](C)([C@@H]5N=C1[C@](C)(CCC(=O)[O-])[C@H]5CC(=O)[O-])[C@@](C)(CC(=O)[O-])[C@@H]4CCC(=O)[O-])[C@@](C)(CC(=N)[O-])[C@@H]3CCC(=O)[O-])C(C)(C)[C@@H]2CCC(=O)[O-].[Co+2]. The first-order chi connectivity index (χ1) is 29.0. The van der Waals surface area contributed by atoms with Crippen molar-refractivity contribution in [2.75, 3.05) is 0 Å². The molecule has 0 saturated carbocycles. The minimum Gasteiger partial charge on any atom is -0.862 e. The molecule has 1 radical (unpaired) electrons. The van der Waals surface area contributed by atoms with Crippen molar-refractivity contribution in [3.05, 3.63) is 34.3 Å². The molecular formula is C45H54CoN5O13-5. The van der Waals surface area contributed by atoms with Crippen LogP contribution in [0.25, 0.3) is 0 Å². The van der Waals surface area contributed by atoms with E-state index in [1.165, 1.54) is 0 Å². The van der Waals surface area contributed by atoms with Crippen molar-refractivity contribution in [3.8, 4) is 0 Å². The first-order valence-electron chi connectivity index (χ1n) is 21.2. The summed E-state index contributed by atoms with van der Waals surface area (Å²) in [6, 6.07) is -1.26. The summed E-state index contributed by atoms with van der Waals surface area (Å²) in [4.78, 5) is 89.8. The molecule has 0 unspecified atom stereocenters. The van der Waals surface area contributed by atoms with E-state index in [1.54, 1.807) is 47.6 Å². The number of carbonyl (C=O) groups is 6. The zero-order chi connectivity index (χ0) is 47.4. The smallest absolute Gasteiger partial charge is 0.862 e. The summed E-state index contributed by atoms with van der Waals surface area (Å²) >= 11 is 0. The molecule has 5 aliphatic heterocycles. The molecule has 0 aromatic rings. The molecular weight excluding hydrogens is 877 g/mol. The van der Waals surface area contributed by atoms with Crippen LogP contribution in [0.5, 0.6) is 0 Å². The first-order valence-corrected chi connectivity index (χ1v) is 21.2. The van der Waals surface area contributed by atoms with Gasteiger partial charge in [0, 0.05) is 109 Å². The largest absolute Gasteiger partial charge is 2.00 e. The minimum atomic E-state index is -1.73. The van der Waals surface area contributed by atoms with Crippen LogP contribution in [-0.2, 0) is 45.5 Å². The zero-order valence-corrected chi connectivity index (χ0v) is 38.3. The van der Waals surface area contributed by atoms with Crippen LogP contribution in [0.15, 0.2) is 49.3 Å². The number of carbonyl (C=O) groups excluding carboxylic acids is 6. The van der Waals surface area contributed by atoms with E-state index < -0.39 is 144 Å². The summed E-state index contributed by atoms with van der Waals surface area (Å²) in [5.74, 6) is -13.4. The summed E-state index contributed by atoms with van der Waals surface area (Å²) in [6.07, 6.45) is -2.73. The van der Waals surface area contributed by atoms with E-state index in [1.807, 2.05) is 13.8 Å². The van der Waals surface area contributed by atoms with Gasteiger partial charge in [0.1, 0.15) is 0 Å². The number of aliphatic imine (C=N–C) groups is 3. The predicted molar refractivity (Wildman–Crippen MR) is 212 cm³/mol. The number of fused-ring (bicyclic) bond motifs is 6. The fraction of sp³-hybridized carbons (Fsp3) is 0.644. The number of nitrogens with zero attached hydrogens (tertiary/aromatic N) is 3. The average molecular weight is 932 g/mol. The molecule has 9 atom stereocenters. The second-order valence-corrected chi connectivity index (χ2v) is 19.4. The molecule has 1 saturated heterocycles. The van der Waals surface area contributed by atoms with Crippen LogP contribution >= 0.6 is 0 Å². The van der Waals surface area contributed by atoms with Crippen molar-refractivity contribution in [3.63, 3.8) is 0 Å². The summed E-state index contributed by atoms with van der Waals surface area (Å²) in [7, 11) is 0. The van der Waals surface area contributed by atoms with Crippen molar-refractivity contribution < 1.29 is 81.3 Å². The Kier molecular flexibility index (Phi) is 14.8. The maximum Gasteiger partial charge on any atom is 2.00 e. The number of hydrogen-bond donors (Lipinski definition) is 2. The molecule has 19 heteroatoms. The molecule has 2 N–H and O–H groups in total. The van der Waals surface area contributed by atoms with Gasteiger partial charge in [-0.05, 0) is 120 Å². The monoisotopic (exact) mass is 931 g/mol. The van der Waals surface area contributed by atoms with Crippen LogP contribution in [0.2, 0.25) is 0 Å². The normalized spacial score (nSPS) is 32.5. The van der Waals surface area contributed by atoms with Crippen molar-refractivity contribution in [1.82, 2.24) is 5.32 Å². The summed E-state index contributed by atoms with van der Waals surface area (Å²) in [6.45, 7) is 13.4. The quantitative estimate of drug-likeness (QED) is 0.103. The van der Waals surface area contributed by atoms with Gasteiger partial charge < -0.3 is 75.2 Å². The van der Waals surface area contributed by atoms with Gasteiger partial charge in [0.2, 0.25) is 0 Å². The topological polar surface area (TPSA) is 337 Å². The maximum absolute atomic E-state index is 12.9. The van der Waals surface area contributed by atoms with Gasteiger partial charge in [0.05, 0.1) is 11.6 Å². The fourth-order valence-electron chi connectivity index (χ4n) is 11.7. The maximum atomic E-state index is 12.9. The molecule has 351 valence electrons. The van der Waals surface area contributed by atoms with Crippen LogP contribution in [0.3, 0.4) is 0 Å². The van der Waals surface area contributed by atoms with Gasteiger partial charge in [0.15, 0.2) is 0 Å². The number of nitrogens with one attached hydrogen (secondary N) is 2.